The van der Waals surface area contributed by atoms with E-state index in [1.54, 1.807) is 24.3 Å². The standard InChI is InChI=1S/C27H27FN4O3S/c1-27-15-20-17-30-32(24-10-8-23(28)9-11-24)25(20)14-21(27)6-7-22(27)18-31(12-13-33)36(34,35)26-5-3-2-4-19(26)16-29/h2-5,8-11,14,17,22,33H,6-7,12-13,15,18H2,1H3/t22-,27+/m1/s1. The first kappa shape index (κ1) is 24.4. The van der Waals surface area contributed by atoms with Gasteiger partial charge in [0, 0.05) is 13.1 Å². The average molecular weight is 507 g/mol. The van der Waals surface area contributed by atoms with Gasteiger partial charge in [0.25, 0.3) is 0 Å². The van der Waals surface area contributed by atoms with Gasteiger partial charge in [0.15, 0.2) is 0 Å². The monoisotopic (exact) mass is 506 g/mol. The number of allylic oxidation sites excluding steroid dienone is 1. The van der Waals surface area contributed by atoms with Gasteiger partial charge in [-0.1, -0.05) is 24.6 Å². The number of hydrogen-bond donors (Lipinski definition) is 1. The highest BCUT2D eigenvalue weighted by molar-refractivity contribution is 7.89. The van der Waals surface area contributed by atoms with Gasteiger partial charge in [0.2, 0.25) is 10.0 Å². The largest absolute Gasteiger partial charge is 0.395 e. The first-order valence-corrected chi connectivity index (χ1v) is 13.4. The lowest BCUT2D eigenvalue weighted by Crippen LogP contribution is -2.42. The normalized spacial score (nSPS) is 21.1. The lowest BCUT2D eigenvalue weighted by molar-refractivity contribution is 0.194. The number of aromatic nitrogens is 2. The van der Waals surface area contributed by atoms with Gasteiger partial charge in [0.1, 0.15) is 11.9 Å². The summed E-state index contributed by atoms with van der Waals surface area (Å²) in [6, 6.07) is 14.4. The molecule has 1 heterocycles. The SMILES string of the molecule is C[C@]12Cc3cnn(-c4ccc(F)cc4)c3C=C1CC[C@@H]2CN(CCO)S(=O)(=O)c1ccccc1C#N. The summed E-state index contributed by atoms with van der Waals surface area (Å²) in [6.45, 7) is 2.07. The molecule has 2 aliphatic rings. The third kappa shape index (κ3) is 4.05. The molecular weight excluding hydrogens is 479 g/mol. The number of fused-ring (bicyclic) bond motifs is 2. The van der Waals surface area contributed by atoms with E-state index < -0.39 is 10.0 Å². The zero-order valence-electron chi connectivity index (χ0n) is 19.9. The van der Waals surface area contributed by atoms with E-state index in [1.807, 2.05) is 16.9 Å². The number of hydrogen-bond acceptors (Lipinski definition) is 5. The molecule has 1 fully saturated rings. The third-order valence-electron chi connectivity index (χ3n) is 7.62. The number of benzene rings is 2. The lowest BCUT2D eigenvalue weighted by Gasteiger charge is -2.38. The van der Waals surface area contributed by atoms with Gasteiger partial charge in [-0.25, -0.2) is 17.5 Å². The Kier molecular flexibility index (Phi) is 6.29. The van der Waals surface area contributed by atoms with Crippen LogP contribution in [0.5, 0.6) is 0 Å². The van der Waals surface area contributed by atoms with Gasteiger partial charge in [-0.2, -0.15) is 14.7 Å². The van der Waals surface area contributed by atoms with Crippen LogP contribution < -0.4 is 0 Å². The number of aliphatic hydroxyl groups excluding tert-OH is 1. The fourth-order valence-corrected chi connectivity index (χ4v) is 7.22. The molecular formula is C27H27FN4O3S. The Labute approximate surface area is 210 Å². The highest BCUT2D eigenvalue weighted by Crippen LogP contribution is 2.53. The van der Waals surface area contributed by atoms with Crippen LogP contribution in [-0.4, -0.2) is 47.3 Å². The van der Waals surface area contributed by atoms with Crippen molar-refractivity contribution in [3.8, 4) is 11.8 Å². The summed E-state index contributed by atoms with van der Waals surface area (Å²) in [6.07, 6.45) is 6.33. The predicted molar refractivity (Wildman–Crippen MR) is 133 cm³/mol. The molecule has 9 heteroatoms. The quantitative estimate of drug-likeness (QED) is 0.524. The van der Waals surface area contributed by atoms with Gasteiger partial charge < -0.3 is 5.11 Å². The van der Waals surface area contributed by atoms with Gasteiger partial charge in [-0.15, -0.1) is 0 Å². The average Bonchev–Trinajstić information content (AvgIpc) is 3.42. The van der Waals surface area contributed by atoms with Crippen LogP contribution in [-0.2, 0) is 16.4 Å². The molecule has 3 aromatic rings. The number of nitrogens with zero attached hydrogens (tertiary/aromatic N) is 4. The molecule has 2 aromatic carbocycles. The van der Waals surface area contributed by atoms with Crippen LogP contribution >= 0.6 is 0 Å². The summed E-state index contributed by atoms with van der Waals surface area (Å²) in [7, 11) is -3.97. The smallest absolute Gasteiger partial charge is 0.244 e. The van der Waals surface area contributed by atoms with Gasteiger partial charge in [-0.3, -0.25) is 0 Å². The Morgan fingerprint density at radius 2 is 2.00 bits per heavy atom. The lowest BCUT2D eigenvalue weighted by atomic mass is 9.70. The number of halogens is 1. The molecule has 0 aliphatic heterocycles. The van der Waals surface area contributed by atoms with Crippen molar-refractivity contribution in [3.63, 3.8) is 0 Å². The van der Waals surface area contributed by atoms with Crippen molar-refractivity contribution >= 4 is 16.1 Å². The summed E-state index contributed by atoms with van der Waals surface area (Å²) in [4.78, 5) is -0.0358. The molecule has 2 aliphatic carbocycles. The van der Waals surface area contributed by atoms with Crippen molar-refractivity contribution in [1.29, 1.82) is 5.26 Å². The Morgan fingerprint density at radius 1 is 1.25 bits per heavy atom. The van der Waals surface area contributed by atoms with E-state index in [1.165, 1.54) is 34.1 Å². The van der Waals surface area contributed by atoms with Crippen molar-refractivity contribution < 1.29 is 17.9 Å². The van der Waals surface area contributed by atoms with Crippen molar-refractivity contribution in [1.82, 2.24) is 14.1 Å². The van der Waals surface area contributed by atoms with Gasteiger partial charge >= 0.3 is 0 Å². The second-order valence-corrected chi connectivity index (χ2v) is 11.5. The fourth-order valence-electron chi connectivity index (χ4n) is 5.60. The van der Waals surface area contributed by atoms with E-state index in [-0.39, 0.29) is 47.3 Å². The summed E-state index contributed by atoms with van der Waals surface area (Å²) < 4.78 is 43.6. The van der Waals surface area contributed by atoms with E-state index in [2.05, 4.69) is 18.1 Å². The second-order valence-electron chi connectivity index (χ2n) is 9.64. The molecule has 1 N–H and O–H groups in total. The molecule has 1 aromatic heterocycles. The van der Waals surface area contributed by atoms with Crippen LogP contribution in [0.2, 0.25) is 0 Å². The highest BCUT2D eigenvalue weighted by Gasteiger charge is 2.47. The van der Waals surface area contributed by atoms with E-state index in [9.17, 15) is 23.2 Å². The Morgan fingerprint density at radius 3 is 2.72 bits per heavy atom. The molecule has 2 atom stereocenters. The van der Waals surface area contributed by atoms with E-state index in [4.69, 9.17) is 0 Å². The number of aliphatic hydroxyl groups is 1. The van der Waals surface area contributed by atoms with Crippen LogP contribution in [0.1, 0.15) is 36.6 Å². The molecule has 7 nitrogen and oxygen atoms in total. The molecule has 0 saturated heterocycles. The van der Waals surface area contributed by atoms with Crippen molar-refractivity contribution in [3.05, 3.63) is 82.9 Å². The molecule has 5 rings (SSSR count). The summed E-state index contributed by atoms with van der Waals surface area (Å²) in [5, 5.41) is 23.7. The molecule has 186 valence electrons. The van der Waals surface area contributed by atoms with Gasteiger partial charge in [-0.05, 0) is 78.6 Å². The minimum atomic E-state index is -3.97. The van der Waals surface area contributed by atoms with Crippen molar-refractivity contribution in [2.45, 2.75) is 31.1 Å². The second kappa shape index (κ2) is 9.28. The van der Waals surface area contributed by atoms with E-state index >= 15 is 0 Å². The van der Waals surface area contributed by atoms with Crippen LogP contribution in [0.3, 0.4) is 0 Å². The van der Waals surface area contributed by atoms with Crippen LogP contribution in [0, 0.1) is 28.5 Å². The Balaban J connectivity index is 1.45. The van der Waals surface area contributed by atoms with Gasteiger partial charge in [0.05, 0.1) is 34.6 Å². The molecule has 0 unspecified atom stereocenters. The molecule has 0 bridgehead atoms. The first-order chi connectivity index (χ1) is 17.3. The molecule has 0 spiro atoms. The third-order valence-corrected chi connectivity index (χ3v) is 9.54. The van der Waals surface area contributed by atoms with Crippen LogP contribution in [0.15, 0.2) is 65.2 Å². The molecule has 1 saturated carbocycles. The molecule has 0 radical (unpaired) electrons. The Hall–Kier alpha value is -3.32. The summed E-state index contributed by atoms with van der Waals surface area (Å²) >= 11 is 0. The minimum absolute atomic E-state index is 0.0293. The fraction of sp³-hybridized carbons (Fsp3) is 0.333. The predicted octanol–water partition coefficient (Wildman–Crippen LogP) is 3.92. The zero-order chi connectivity index (χ0) is 25.5. The maximum absolute atomic E-state index is 13.5. The van der Waals surface area contributed by atoms with E-state index in [0.29, 0.717) is 6.42 Å². The first-order valence-electron chi connectivity index (χ1n) is 11.9. The van der Waals surface area contributed by atoms with Crippen LogP contribution in [0.4, 0.5) is 4.39 Å². The number of sulfonamides is 1. The molecule has 0 amide bonds. The summed E-state index contributed by atoms with van der Waals surface area (Å²) in [5.41, 5.74) is 3.88. The van der Waals surface area contributed by atoms with E-state index in [0.717, 1.165) is 29.8 Å². The number of rotatable bonds is 7. The summed E-state index contributed by atoms with van der Waals surface area (Å²) in [5.74, 6) is -0.272. The molecule has 36 heavy (non-hydrogen) atoms. The van der Waals surface area contributed by atoms with Crippen molar-refractivity contribution in [2.75, 3.05) is 19.7 Å². The minimum Gasteiger partial charge on any atom is -0.395 e. The zero-order valence-corrected chi connectivity index (χ0v) is 20.7. The maximum Gasteiger partial charge on any atom is 0.244 e. The highest BCUT2D eigenvalue weighted by atomic mass is 32.2. The van der Waals surface area contributed by atoms with Crippen molar-refractivity contribution in [2.24, 2.45) is 11.3 Å². The van der Waals surface area contributed by atoms with Crippen LogP contribution in [0.25, 0.3) is 11.8 Å². The number of nitriles is 1. The maximum atomic E-state index is 13.5. The topological polar surface area (TPSA) is 99.2 Å². The Bertz CT molecular complexity index is 1470.